The minimum Gasteiger partial charge on any atom is -0.473 e. The van der Waals surface area contributed by atoms with Crippen molar-refractivity contribution in [3.8, 4) is 0 Å². The summed E-state index contributed by atoms with van der Waals surface area (Å²) in [5, 5.41) is 0. The molecule has 2 heteroatoms. The van der Waals surface area contributed by atoms with Gasteiger partial charge in [0.25, 0.3) is 0 Å². The predicted molar refractivity (Wildman–Crippen MR) is 18.7 cm³/mol. The molecule has 6 heavy (non-hydrogen) atoms. The van der Waals surface area contributed by atoms with Gasteiger partial charge in [0.15, 0.2) is 0 Å². The molecule has 0 unspecified atom stereocenters. The van der Waals surface area contributed by atoms with E-state index in [1.165, 1.54) is 0 Å². The summed E-state index contributed by atoms with van der Waals surface area (Å²) in [5.74, 6) is 0. The first-order valence-electron chi connectivity index (χ1n) is 1.47. The van der Waals surface area contributed by atoms with Gasteiger partial charge < -0.3 is 4.42 Å². The van der Waals surface area contributed by atoms with Crippen molar-refractivity contribution < 1.29 is 21.5 Å². The van der Waals surface area contributed by atoms with Crippen LogP contribution in [0.15, 0.2) is 29.1 Å². The third kappa shape index (κ3) is 1.29. The van der Waals surface area contributed by atoms with Crippen molar-refractivity contribution in [1.29, 1.82) is 0 Å². The van der Waals surface area contributed by atoms with Gasteiger partial charge in [0, 0.05) is 0 Å². The molecule has 0 amide bonds. The molecule has 36 valence electrons. The third-order valence-electron chi connectivity index (χ3n) is 0.425. The summed E-state index contributed by atoms with van der Waals surface area (Å²) in [6.45, 7) is 0. The zero-order chi connectivity index (χ0) is 3.54. The van der Waals surface area contributed by atoms with Gasteiger partial charge >= 0.3 is 17.1 Å². The Morgan fingerprint density at radius 2 is 1.50 bits per heavy atom. The van der Waals surface area contributed by atoms with Gasteiger partial charge in [0.2, 0.25) is 0 Å². The zero-order valence-corrected chi connectivity index (χ0v) is 3.96. The van der Waals surface area contributed by atoms with Gasteiger partial charge in [-0.05, 0) is 12.1 Å². The van der Waals surface area contributed by atoms with Gasteiger partial charge in [-0.3, -0.25) is 0 Å². The predicted octanol–water partition coefficient (Wildman–Crippen LogP) is 1.28. The summed E-state index contributed by atoms with van der Waals surface area (Å²) in [7, 11) is 0. The van der Waals surface area contributed by atoms with Crippen LogP contribution in [0.5, 0.6) is 0 Å². The second-order valence-electron chi connectivity index (χ2n) is 0.793. The number of hydrogen-bond acceptors (Lipinski definition) is 1. The van der Waals surface area contributed by atoms with Gasteiger partial charge in [-0.2, -0.15) is 0 Å². The Labute approximate surface area is 46.8 Å². The van der Waals surface area contributed by atoms with Crippen molar-refractivity contribution in [2.75, 3.05) is 0 Å². The Balaban J connectivity index is 0.000000250. The maximum absolute atomic E-state index is 4.58. The summed E-state index contributed by atoms with van der Waals surface area (Å²) in [6, 6.07) is 3.67. The molecule has 0 bridgehead atoms. The summed E-state index contributed by atoms with van der Waals surface area (Å²) < 4.78 is 4.58. The second-order valence-corrected chi connectivity index (χ2v) is 0.793. The molecular weight excluding hydrogens is 128 g/mol. The van der Waals surface area contributed by atoms with Crippen LogP contribution in [0.1, 0.15) is 0 Å². The van der Waals surface area contributed by atoms with Crippen molar-refractivity contribution in [2.45, 2.75) is 0 Å². The first-order valence-corrected chi connectivity index (χ1v) is 1.47. The third-order valence-corrected chi connectivity index (χ3v) is 0.425. The zero-order valence-electron chi connectivity index (χ0n) is 3.02. The molecule has 0 fully saturated rings. The van der Waals surface area contributed by atoms with Gasteiger partial charge in [0.1, 0.15) is 0 Å². The molecule has 0 radical (unpaired) electrons. The second kappa shape index (κ2) is 3.01. The van der Waals surface area contributed by atoms with Crippen LogP contribution < -0.4 is 0 Å². The van der Waals surface area contributed by atoms with Gasteiger partial charge in [-0.15, -0.1) is 0 Å². The van der Waals surface area contributed by atoms with E-state index in [1.54, 1.807) is 12.5 Å². The van der Waals surface area contributed by atoms with Crippen LogP contribution in [0.2, 0.25) is 0 Å². The average Bonchev–Trinajstić information content (AvgIpc) is 1.76. The minimum absolute atomic E-state index is 0. The fraction of sp³-hybridized carbons (Fsp3) is 0. The maximum atomic E-state index is 4.58. The van der Waals surface area contributed by atoms with E-state index in [4.69, 9.17) is 0 Å². The summed E-state index contributed by atoms with van der Waals surface area (Å²) in [5.41, 5.74) is 0. The molecule has 0 spiro atoms. The van der Waals surface area contributed by atoms with Gasteiger partial charge in [0.05, 0.1) is 12.5 Å². The minimum atomic E-state index is 0. The summed E-state index contributed by atoms with van der Waals surface area (Å²) in [4.78, 5) is 0. The first-order chi connectivity index (χ1) is 2.50. The molecule has 0 aliphatic rings. The number of furan rings is 1. The molecule has 1 heterocycles. The van der Waals surface area contributed by atoms with Crippen molar-refractivity contribution >= 4 is 0 Å². The number of hydrogen-bond donors (Lipinski definition) is 0. The van der Waals surface area contributed by atoms with Crippen molar-refractivity contribution in [3.63, 3.8) is 0 Å². The molecule has 0 atom stereocenters. The van der Waals surface area contributed by atoms with Crippen LogP contribution in [0.4, 0.5) is 0 Å². The summed E-state index contributed by atoms with van der Waals surface area (Å²) >= 11 is 0. The fourth-order valence-electron chi connectivity index (χ4n) is 0.227. The van der Waals surface area contributed by atoms with Crippen LogP contribution >= 0.6 is 0 Å². The Morgan fingerprint density at radius 3 is 1.67 bits per heavy atom. The molecule has 0 aliphatic carbocycles. The molecule has 0 saturated heterocycles. The largest absolute Gasteiger partial charge is 1.00 e. The Kier molecular flexibility index (Phi) is 2.91. The van der Waals surface area contributed by atoms with Crippen LogP contribution in [0.3, 0.4) is 0 Å². The van der Waals surface area contributed by atoms with Crippen LogP contribution in [0, 0.1) is 0 Å². The van der Waals surface area contributed by atoms with Crippen LogP contribution in [0.25, 0.3) is 0 Å². The SMILES string of the molecule is [Cu+].c1ccoc1. The van der Waals surface area contributed by atoms with E-state index < -0.39 is 0 Å². The van der Waals surface area contributed by atoms with E-state index in [9.17, 15) is 0 Å². The van der Waals surface area contributed by atoms with E-state index in [1.807, 2.05) is 12.1 Å². The molecule has 0 N–H and O–H groups in total. The maximum Gasteiger partial charge on any atom is 1.00 e. The molecular formula is C4H4CuO+. The monoisotopic (exact) mass is 131 g/mol. The number of rotatable bonds is 0. The van der Waals surface area contributed by atoms with E-state index in [2.05, 4.69) is 4.42 Å². The average molecular weight is 132 g/mol. The standard InChI is InChI=1S/C4H4O.Cu/c1-2-4-5-3-1;/h1-4H;/q;+1. The Hall–Kier alpha value is -0.201. The molecule has 1 rings (SSSR count). The van der Waals surface area contributed by atoms with E-state index >= 15 is 0 Å². The van der Waals surface area contributed by atoms with E-state index in [-0.39, 0.29) is 17.1 Å². The first kappa shape index (κ1) is 5.80. The van der Waals surface area contributed by atoms with Gasteiger partial charge in [-0.1, -0.05) is 0 Å². The summed E-state index contributed by atoms with van der Waals surface area (Å²) in [6.07, 6.45) is 3.25. The normalized spacial score (nSPS) is 6.67. The smallest absolute Gasteiger partial charge is 0.473 e. The Morgan fingerprint density at radius 1 is 1.00 bits per heavy atom. The molecule has 0 aliphatic heterocycles. The van der Waals surface area contributed by atoms with E-state index in [0.717, 1.165) is 0 Å². The Bertz CT molecular complexity index is 64.0. The fourth-order valence-corrected chi connectivity index (χ4v) is 0.227. The molecule has 0 aromatic carbocycles. The molecule has 0 saturated carbocycles. The topological polar surface area (TPSA) is 13.1 Å². The van der Waals surface area contributed by atoms with Crippen molar-refractivity contribution in [2.24, 2.45) is 0 Å². The molecule has 1 aromatic rings. The van der Waals surface area contributed by atoms with Crippen molar-refractivity contribution in [3.05, 3.63) is 24.7 Å². The van der Waals surface area contributed by atoms with Crippen LogP contribution in [-0.4, -0.2) is 0 Å². The van der Waals surface area contributed by atoms with Crippen LogP contribution in [-0.2, 0) is 17.1 Å². The van der Waals surface area contributed by atoms with Gasteiger partial charge in [-0.25, -0.2) is 0 Å². The van der Waals surface area contributed by atoms with Crippen molar-refractivity contribution in [1.82, 2.24) is 0 Å². The van der Waals surface area contributed by atoms with E-state index in [0.29, 0.717) is 0 Å². The molecule has 1 aromatic heterocycles. The molecule has 1 nitrogen and oxygen atoms in total. The quantitative estimate of drug-likeness (QED) is 0.484.